The molecule has 1 aliphatic rings. The summed E-state index contributed by atoms with van der Waals surface area (Å²) < 4.78 is 4.41. The van der Waals surface area contributed by atoms with E-state index in [2.05, 4.69) is 19.9 Å². The lowest BCUT2D eigenvalue weighted by atomic mass is 10.3. The smallest absolute Gasteiger partial charge is 0.368 e. The van der Waals surface area contributed by atoms with Gasteiger partial charge in [0.05, 0.1) is 0 Å². The van der Waals surface area contributed by atoms with Crippen molar-refractivity contribution in [3.8, 4) is 0 Å². The maximum atomic E-state index is 10.8. The molecule has 1 aromatic rings. The van der Waals surface area contributed by atoms with E-state index in [1.807, 2.05) is 0 Å². The van der Waals surface area contributed by atoms with Gasteiger partial charge in [-0.15, -0.1) is 10.2 Å². The zero-order valence-electron chi connectivity index (χ0n) is 5.24. The standard InChI is InChI=1S/C5H2N4O2/c6-4-2-3(5(10)11-4)9-8-1-7-2/h1,6H. The minimum atomic E-state index is -0.661. The second kappa shape index (κ2) is 1.82. The molecular weight excluding hydrogens is 148 g/mol. The topological polar surface area (TPSA) is 88.8 Å². The number of carbonyl (C=O) groups excluding carboxylic acids is 1. The number of nitrogens with zero attached hydrogens (tertiary/aromatic N) is 3. The Morgan fingerprint density at radius 3 is 3.00 bits per heavy atom. The number of fused-ring (bicyclic) bond motifs is 1. The second-order valence-corrected chi connectivity index (χ2v) is 1.88. The van der Waals surface area contributed by atoms with Crippen LogP contribution in [0.2, 0.25) is 0 Å². The van der Waals surface area contributed by atoms with E-state index in [-0.39, 0.29) is 17.3 Å². The van der Waals surface area contributed by atoms with Crippen molar-refractivity contribution in [2.75, 3.05) is 0 Å². The molecule has 0 radical (unpaired) electrons. The molecule has 0 saturated carbocycles. The van der Waals surface area contributed by atoms with Crippen molar-refractivity contribution < 1.29 is 9.53 Å². The van der Waals surface area contributed by atoms with Gasteiger partial charge >= 0.3 is 5.97 Å². The van der Waals surface area contributed by atoms with Gasteiger partial charge in [0.15, 0.2) is 5.69 Å². The molecule has 6 heteroatoms. The number of ether oxygens (including phenoxy) is 1. The van der Waals surface area contributed by atoms with Gasteiger partial charge in [-0.25, -0.2) is 9.78 Å². The van der Waals surface area contributed by atoms with Crippen molar-refractivity contribution in [1.82, 2.24) is 15.2 Å². The molecule has 54 valence electrons. The Morgan fingerprint density at radius 2 is 2.27 bits per heavy atom. The molecular formula is C5H2N4O2. The average Bonchev–Trinajstić information content (AvgIpc) is 2.30. The molecule has 0 unspecified atom stereocenters. The van der Waals surface area contributed by atoms with Gasteiger partial charge in [-0.2, -0.15) is 0 Å². The fraction of sp³-hybridized carbons (Fsp3) is 0. The van der Waals surface area contributed by atoms with Crippen molar-refractivity contribution in [3.63, 3.8) is 0 Å². The van der Waals surface area contributed by atoms with Crippen LogP contribution in [0.1, 0.15) is 16.2 Å². The molecule has 2 heterocycles. The van der Waals surface area contributed by atoms with Crippen molar-refractivity contribution >= 4 is 11.9 Å². The first-order chi connectivity index (χ1) is 5.29. The first-order valence-electron chi connectivity index (χ1n) is 2.78. The molecule has 6 nitrogen and oxygen atoms in total. The average molecular weight is 150 g/mol. The molecule has 1 N–H and O–H groups in total. The third-order valence-corrected chi connectivity index (χ3v) is 1.22. The lowest BCUT2D eigenvalue weighted by molar-refractivity contribution is 0.0729. The maximum Gasteiger partial charge on any atom is 0.368 e. The summed E-state index contributed by atoms with van der Waals surface area (Å²) in [6.07, 6.45) is 1.16. The van der Waals surface area contributed by atoms with Crippen molar-refractivity contribution in [1.29, 1.82) is 5.41 Å². The van der Waals surface area contributed by atoms with Crippen LogP contribution in [0.5, 0.6) is 0 Å². The van der Waals surface area contributed by atoms with Gasteiger partial charge in [-0.05, 0) is 0 Å². The second-order valence-electron chi connectivity index (χ2n) is 1.88. The first kappa shape index (κ1) is 5.90. The first-order valence-corrected chi connectivity index (χ1v) is 2.78. The normalized spacial score (nSPS) is 14.5. The molecule has 2 rings (SSSR count). The van der Waals surface area contributed by atoms with Crippen LogP contribution in [0.4, 0.5) is 0 Å². The van der Waals surface area contributed by atoms with Crippen LogP contribution in [-0.4, -0.2) is 27.0 Å². The van der Waals surface area contributed by atoms with Gasteiger partial charge in [-0.3, -0.25) is 5.41 Å². The Bertz CT molecular complexity index is 315. The summed E-state index contributed by atoms with van der Waals surface area (Å²) in [6, 6.07) is 0. The quantitative estimate of drug-likeness (QED) is 0.497. The fourth-order valence-corrected chi connectivity index (χ4v) is 0.769. The Labute approximate surface area is 60.7 Å². The fourth-order valence-electron chi connectivity index (χ4n) is 0.769. The van der Waals surface area contributed by atoms with Gasteiger partial charge in [0, 0.05) is 0 Å². The highest BCUT2D eigenvalue weighted by atomic mass is 16.5. The summed E-state index contributed by atoms with van der Waals surface area (Å²) in [4.78, 5) is 14.4. The Morgan fingerprint density at radius 1 is 1.45 bits per heavy atom. The Hall–Kier alpha value is -1.85. The molecule has 0 bridgehead atoms. The number of hydrogen-bond acceptors (Lipinski definition) is 6. The number of carbonyl (C=O) groups is 1. The number of esters is 1. The molecule has 0 fully saturated rings. The molecule has 0 spiro atoms. The summed E-state index contributed by atoms with van der Waals surface area (Å²) in [5.41, 5.74) is 0.169. The summed E-state index contributed by atoms with van der Waals surface area (Å²) >= 11 is 0. The monoisotopic (exact) mass is 150 g/mol. The predicted octanol–water partition coefficient (Wildman–Crippen LogP) is -0.633. The molecule has 0 atom stereocenters. The number of hydrogen-bond donors (Lipinski definition) is 1. The summed E-state index contributed by atoms with van der Waals surface area (Å²) in [5, 5.41) is 13.9. The third-order valence-electron chi connectivity index (χ3n) is 1.22. The van der Waals surface area contributed by atoms with E-state index >= 15 is 0 Å². The zero-order valence-corrected chi connectivity index (χ0v) is 5.24. The van der Waals surface area contributed by atoms with E-state index in [1.54, 1.807) is 0 Å². The number of nitrogens with one attached hydrogen (secondary N) is 1. The van der Waals surface area contributed by atoms with Gasteiger partial charge in [0.1, 0.15) is 6.33 Å². The van der Waals surface area contributed by atoms with Gasteiger partial charge in [0.25, 0.3) is 0 Å². The van der Waals surface area contributed by atoms with Crippen LogP contribution in [0.25, 0.3) is 0 Å². The minimum Gasteiger partial charge on any atom is -0.401 e. The highest BCUT2D eigenvalue weighted by molar-refractivity contribution is 6.13. The minimum absolute atomic E-state index is 0.0116. The van der Waals surface area contributed by atoms with Gasteiger partial charge in [-0.1, -0.05) is 0 Å². The van der Waals surface area contributed by atoms with Crippen LogP contribution in [0, 0.1) is 5.41 Å². The number of cyclic esters (lactones) is 1. The molecule has 0 aliphatic carbocycles. The van der Waals surface area contributed by atoms with E-state index in [4.69, 9.17) is 5.41 Å². The summed E-state index contributed by atoms with van der Waals surface area (Å²) in [5.74, 6) is -0.925. The van der Waals surface area contributed by atoms with Crippen LogP contribution >= 0.6 is 0 Å². The molecule has 1 aliphatic heterocycles. The van der Waals surface area contributed by atoms with Crippen molar-refractivity contribution in [2.45, 2.75) is 0 Å². The van der Waals surface area contributed by atoms with Crippen molar-refractivity contribution in [2.24, 2.45) is 0 Å². The summed E-state index contributed by atoms with van der Waals surface area (Å²) in [7, 11) is 0. The van der Waals surface area contributed by atoms with Crippen LogP contribution in [0.15, 0.2) is 6.33 Å². The number of rotatable bonds is 0. The lowest BCUT2D eigenvalue weighted by Gasteiger charge is -1.86. The molecule has 11 heavy (non-hydrogen) atoms. The molecule has 0 aromatic carbocycles. The van der Waals surface area contributed by atoms with Crippen LogP contribution < -0.4 is 0 Å². The van der Waals surface area contributed by atoms with Crippen LogP contribution in [-0.2, 0) is 4.74 Å². The maximum absolute atomic E-state index is 10.8. The Kier molecular flexibility index (Phi) is 0.974. The van der Waals surface area contributed by atoms with E-state index in [0.717, 1.165) is 6.33 Å². The van der Waals surface area contributed by atoms with E-state index in [1.165, 1.54) is 0 Å². The number of aromatic nitrogens is 3. The molecule has 1 aromatic heterocycles. The zero-order chi connectivity index (χ0) is 7.84. The third kappa shape index (κ3) is 0.689. The van der Waals surface area contributed by atoms with E-state index < -0.39 is 5.97 Å². The Balaban J connectivity index is 2.69. The summed E-state index contributed by atoms with van der Waals surface area (Å²) in [6.45, 7) is 0. The lowest BCUT2D eigenvalue weighted by Crippen LogP contribution is -1.99. The highest BCUT2D eigenvalue weighted by Crippen LogP contribution is 2.12. The van der Waals surface area contributed by atoms with E-state index in [0.29, 0.717) is 0 Å². The van der Waals surface area contributed by atoms with Crippen LogP contribution in [0.3, 0.4) is 0 Å². The van der Waals surface area contributed by atoms with Gasteiger partial charge < -0.3 is 4.74 Å². The largest absolute Gasteiger partial charge is 0.401 e. The van der Waals surface area contributed by atoms with Crippen molar-refractivity contribution in [3.05, 3.63) is 17.7 Å². The van der Waals surface area contributed by atoms with E-state index in [9.17, 15) is 4.79 Å². The molecule has 0 saturated heterocycles. The predicted molar refractivity (Wildman–Crippen MR) is 32.1 cm³/mol. The molecule has 0 amide bonds. The highest BCUT2D eigenvalue weighted by Gasteiger charge is 2.29. The van der Waals surface area contributed by atoms with Gasteiger partial charge in [0.2, 0.25) is 11.6 Å². The SMILES string of the molecule is N=C1OC(=O)c2nncnc21.